The van der Waals surface area contributed by atoms with Crippen LogP contribution in [0, 0.1) is 0 Å². The highest BCUT2D eigenvalue weighted by atomic mass is 32.2. The molecule has 0 spiro atoms. The van der Waals surface area contributed by atoms with Gasteiger partial charge in [-0.1, -0.05) is 0 Å². The molecular weight excluding hydrogens is 158 g/mol. The molecule has 11 heavy (non-hydrogen) atoms. The summed E-state index contributed by atoms with van der Waals surface area (Å²) >= 11 is 1.59. The Hall–Kier alpha value is -0.350. The van der Waals surface area contributed by atoms with Crippen molar-refractivity contribution in [3.05, 3.63) is 11.2 Å². The molecule has 0 atom stereocenters. The van der Waals surface area contributed by atoms with E-state index in [2.05, 4.69) is 15.9 Å². The van der Waals surface area contributed by atoms with Crippen molar-refractivity contribution in [1.82, 2.24) is 14.7 Å². The predicted molar refractivity (Wildman–Crippen MR) is 46.4 cm³/mol. The third kappa shape index (κ3) is 1.46. The van der Waals surface area contributed by atoms with Gasteiger partial charge in [0.1, 0.15) is 6.20 Å². The second kappa shape index (κ2) is 2.95. The lowest BCUT2D eigenvalue weighted by Gasteiger charge is -2.11. The minimum Gasteiger partial charge on any atom is -0.360 e. The molecule has 0 unspecified atom stereocenters. The normalized spacial score (nSPS) is 24.6. The van der Waals surface area contributed by atoms with Gasteiger partial charge in [0, 0.05) is 13.1 Å². The Labute approximate surface area is 71.5 Å². The zero-order valence-corrected chi connectivity index (χ0v) is 7.47. The second-order valence-corrected chi connectivity index (χ2v) is 3.67. The first-order valence-electron chi connectivity index (χ1n) is 3.94. The summed E-state index contributed by atoms with van der Waals surface area (Å²) in [5.74, 6) is 0. The van der Waals surface area contributed by atoms with Crippen molar-refractivity contribution in [3.8, 4) is 0 Å². The Morgan fingerprint density at radius 2 is 2.18 bits per heavy atom. The average Bonchev–Trinajstić information content (AvgIpc) is 2.55. The molecule has 2 radical (unpaired) electrons. The van der Waals surface area contributed by atoms with Crippen LogP contribution in [0.3, 0.4) is 0 Å². The first-order valence-corrected chi connectivity index (χ1v) is 4.71. The molecule has 0 saturated carbocycles. The third-order valence-electron chi connectivity index (χ3n) is 1.98. The first-order chi connectivity index (χ1) is 5.36. The van der Waals surface area contributed by atoms with Gasteiger partial charge in [0.05, 0.1) is 7.05 Å². The third-order valence-corrected chi connectivity index (χ3v) is 2.87. The summed E-state index contributed by atoms with van der Waals surface area (Å²) in [5.41, 5.74) is 0. The molecular formula is C7H12N3S+. The van der Waals surface area contributed by atoms with E-state index in [0.717, 1.165) is 0 Å². The van der Waals surface area contributed by atoms with Crippen molar-refractivity contribution in [2.24, 2.45) is 0 Å². The van der Waals surface area contributed by atoms with Gasteiger partial charge in [0.15, 0.2) is 5.03 Å². The van der Waals surface area contributed by atoms with E-state index in [1.807, 2.05) is 12.1 Å². The number of likely N-dealkylation sites (tertiary alicyclic amines) is 1. The van der Waals surface area contributed by atoms with Crippen LogP contribution in [0.4, 0.5) is 0 Å². The highest BCUT2D eigenvalue weighted by Gasteiger charge is 2.31. The summed E-state index contributed by atoms with van der Waals surface area (Å²) in [6.45, 7) is 2.42. The molecule has 0 N–H and O–H groups in total. The summed E-state index contributed by atoms with van der Waals surface area (Å²) in [7, 11) is 1.97. The molecule has 0 aromatic carbocycles. The van der Waals surface area contributed by atoms with Gasteiger partial charge in [0.25, 0.3) is 11.9 Å². The molecule has 1 saturated heterocycles. The molecule has 0 aliphatic carbocycles. The van der Waals surface area contributed by atoms with E-state index >= 15 is 0 Å². The van der Waals surface area contributed by atoms with E-state index in [1.54, 1.807) is 11.9 Å². The number of hydrogen-bond donors (Lipinski definition) is 0. The lowest BCUT2D eigenvalue weighted by molar-refractivity contribution is 0.415. The summed E-state index contributed by atoms with van der Waals surface area (Å²) in [6, 6.07) is 0. The van der Waals surface area contributed by atoms with E-state index in [0.29, 0.717) is 0 Å². The SMILES string of the molecule is CN1C=C(N2CCCC2)S[N+]1. The van der Waals surface area contributed by atoms with Crippen LogP contribution in [0.5, 0.6) is 0 Å². The van der Waals surface area contributed by atoms with E-state index in [-0.39, 0.29) is 0 Å². The Morgan fingerprint density at radius 3 is 2.73 bits per heavy atom. The molecule has 0 aromatic heterocycles. The Morgan fingerprint density at radius 1 is 1.45 bits per heavy atom. The van der Waals surface area contributed by atoms with Crippen LogP contribution < -0.4 is 4.83 Å². The highest BCUT2D eigenvalue weighted by molar-refractivity contribution is 8.01. The number of nitrogens with zero attached hydrogens (tertiary/aromatic N) is 3. The van der Waals surface area contributed by atoms with Crippen LogP contribution in [-0.2, 0) is 0 Å². The smallest absolute Gasteiger partial charge is 0.303 e. The van der Waals surface area contributed by atoms with Crippen LogP contribution >= 0.6 is 11.9 Å². The first kappa shape index (κ1) is 7.31. The van der Waals surface area contributed by atoms with Crippen molar-refractivity contribution in [3.63, 3.8) is 0 Å². The molecule has 2 aliphatic rings. The Bertz CT molecular complexity index is 175. The van der Waals surface area contributed by atoms with Crippen molar-refractivity contribution in [2.45, 2.75) is 12.8 Å². The van der Waals surface area contributed by atoms with Crippen LogP contribution in [0.2, 0.25) is 0 Å². The zero-order chi connectivity index (χ0) is 7.68. The van der Waals surface area contributed by atoms with Gasteiger partial charge in [-0.3, -0.25) is 0 Å². The standard InChI is InChI=1S/C7H12N3S/c1-9-6-7(11-8-9)10-4-2-3-5-10/h6H,2-5H2,1H3/q+1. The molecule has 4 heteroatoms. The minimum absolute atomic E-state index is 1.21. The molecule has 0 amide bonds. The van der Waals surface area contributed by atoms with Gasteiger partial charge in [-0.05, 0) is 12.8 Å². The van der Waals surface area contributed by atoms with E-state index in [1.165, 1.54) is 31.0 Å². The molecule has 2 heterocycles. The second-order valence-electron chi connectivity index (χ2n) is 2.91. The van der Waals surface area contributed by atoms with E-state index in [4.69, 9.17) is 0 Å². The van der Waals surface area contributed by atoms with Crippen LogP contribution in [0.15, 0.2) is 11.2 Å². The summed E-state index contributed by atoms with van der Waals surface area (Å²) < 4.78 is 0. The average molecular weight is 170 g/mol. The zero-order valence-electron chi connectivity index (χ0n) is 6.66. The van der Waals surface area contributed by atoms with Gasteiger partial charge in [-0.2, -0.15) is 0 Å². The minimum atomic E-state index is 1.21. The maximum atomic E-state index is 4.18. The Kier molecular flexibility index (Phi) is 1.96. The molecule has 60 valence electrons. The molecule has 2 rings (SSSR count). The number of hydrogen-bond acceptors (Lipinski definition) is 3. The highest BCUT2D eigenvalue weighted by Crippen LogP contribution is 2.27. The molecule has 1 fully saturated rings. The molecule has 3 nitrogen and oxygen atoms in total. The lowest BCUT2D eigenvalue weighted by atomic mass is 10.4. The summed E-state index contributed by atoms with van der Waals surface area (Å²) in [6.07, 6.45) is 4.76. The van der Waals surface area contributed by atoms with Crippen LogP contribution in [0.25, 0.3) is 0 Å². The van der Waals surface area contributed by atoms with E-state index < -0.39 is 0 Å². The Balaban J connectivity index is 1.98. The maximum Gasteiger partial charge on any atom is 0.303 e. The van der Waals surface area contributed by atoms with Gasteiger partial charge in [-0.15, -0.1) is 5.01 Å². The fourth-order valence-electron chi connectivity index (χ4n) is 1.39. The van der Waals surface area contributed by atoms with E-state index in [9.17, 15) is 0 Å². The molecule has 2 aliphatic heterocycles. The lowest BCUT2D eigenvalue weighted by Crippen LogP contribution is -2.15. The fourth-order valence-corrected chi connectivity index (χ4v) is 2.15. The van der Waals surface area contributed by atoms with Crippen molar-refractivity contribution in [2.75, 3.05) is 20.1 Å². The van der Waals surface area contributed by atoms with Gasteiger partial charge in [-0.25, -0.2) is 0 Å². The van der Waals surface area contributed by atoms with Crippen LogP contribution in [0.1, 0.15) is 12.8 Å². The van der Waals surface area contributed by atoms with Gasteiger partial charge >= 0.3 is 4.83 Å². The van der Waals surface area contributed by atoms with Gasteiger partial charge in [0.2, 0.25) is 0 Å². The summed E-state index contributed by atoms with van der Waals surface area (Å²) in [4.78, 5) is 6.58. The topological polar surface area (TPSA) is 20.6 Å². The monoisotopic (exact) mass is 170 g/mol. The van der Waals surface area contributed by atoms with Crippen molar-refractivity contribution < 1.29 is 0 Å². The molecule has 0 bridgehead atoms. The number of rotatable bonds is 1. The van der Waals surface area contributed by atoms with Gasteiger partial charge < -0.3 is 4.90 Å². The van der Waals surface area contributed by atoms with Crippen molar-refractivity contribution in [1.29, 1.82) is 0 Å². The quantitative estimate of drug-likeness (QED) is 0.548. The van der Waals surface area contributed by atoms with Crippen LogP contribution in [-0.4, -0.2) is 30.0 Å². The largest absolute Gasteiger partial charge is 0.360 e. The fraction of sp³-hybridized carbons (Fsp3) is 0.714. The predicted octanol–water partition coefficient (Wildman–Crippen LogP) is 0.994. The molecule has 0 aromatic rings. The van der Waals surface area contributed by atoms with Crippen molar-refractivity contribution >= 4 is 11.9 Å². The summed E-state index contributed by atoms with van der Waals surface area (Å²) in [5, 5.41) is 3.18. The maximum absolute atomic E-state index is 4.18.